The van der Waals surface area contributed by atoms with E-state index in [0.717, 1.165) is 37.7 Å². The van der Waals surface area contributed by atoms with E-state index in [-0.39, 0.29) is 24.4 Å². The Labute approximate surface area is 210 Å². The molecule has 5 heteroatoms. The van der Waals surface area contributed by atoms with Crippen LogP contribution in [0.5, 0.6) is 0 Å². The number of fused-ring (bicyclic) bond motifs is 1. The van der Waals surface area contributed by atoms with E-state index < -0.39 is 0 Å². The minimum Gasteiger partial charge on any atom is -0.333 e. The summed E-state index contributed by atoms with van der Waals surface area (Å²) in [6.07, 6.45) is 11.8. The fourth-order valence-electron chi connectivity index (χ4n) is 4.87. The molecule has 1 aromatic heterocycles. The van der Waals surface area contributed by atoms with Crippen LogP contribution in [0.4, 0.5) is 0 Å². The van der Waals surface area contributed by atoms with Gasteiger partial charge in [0.25, 0.3) is 0 Å². The molecule has 1 aliphatic heterocycles. The lowest BCUT2D eigenvalue weighted by Gasteiger charge is -2.37. The Morgan fingerprint density at radius 3 is 2.38 bits per heavy atom. The van der Waals surface area contributed by atoms with Gasteiger partial charge in [-0.2, -0.15) is 0 Å². The molecule has 1 aromatic carbocycles. The highest BCUT2D eigenvalue weighted by atomic mass is 32.1. The molecule has 0 N–H and O–H groups in total. The molecule has 0 fully saturated rings. The van der Waals surface area contributed by atoms with Crippen molar-refractivity contribution in [2.45, 2.75) is 90.5 Å². The summed E-state index contributed by atoms with van der Waals surface area (Å²) in [7, 11) is 0. The van der Waals surface area contributed by atoms with Crippen LogP contribution in [0.3, 0.4) is 0 Å². The first-order chi connectivity index (χ1) is 16.7. The van der Waals surface area contributed by atoms with Gasteiger partial charge in [-0.15, -0.1) is 11.3 Å². The number of rotatable bonds is 14. The van der Waals surface area contributed by atoms with Crippen molar-refractivity contribution in [2.24, 2.45) is 0 Å². The maximum absolute atomic E-state index is 13.6. The van der Waals surface area contributed by atoms with Crippen LogP contribution in [0.25, 0.3) is 0 Å². The second-order valence-electron chi connectivity index (χ2n) is 9.49. The molecule has 0 aliphatic carbocycles. The Morgan fingerprint density at radius 2 is 1.65 bits per heavy atom. The van der Waals surface area contributed by atoms with Crippen molar-refractivity contribution in [3.8, 4) is 0 Å². The lowest BCUT2D eigenvalue weighted by atomic mass is 9.93. The number of unbranched alkanes of at least 4 members (excludes halogenated alkanes) is 7. The van der Waals surface area contributed by atoms with Gasteiger partial charge in [-0.3, -0.25) is 9.59 Å². The second kappa shape index (κ2) is 14.3. The van der Waals surface area contributed by atoms with E-state index in [1.54, 1.807) is 11.3 Å². The number of hydrogen-bond donors (Lipinski definition) is 0. The summed E-state index contributed by atoms with van der Waals surface area (Å²) in [5.41, 5.74) is 2.38. The molecule has 1 unspecified atom stereocenters. The van der Waals surface area contributed by atoms with Crippen molar-refractivity contribution in [2.75, 3.05) is 19.6 Å². The number of amides is 2. The molecule has 0 radical (unpaired) electrons. The van der Waals surface area contributed by atoms with Crippen LogP contribution in [0.1, 0.15) is 100 Å². The van der Waals surface area contributed by atoms with Crippen LogP contribution in [0.2, 0.25) is 0 Å². The van der Waals surface area contributed by atoms with Gasteiger partial charge in [0.15, 0.2) is 0 Å². The lowest BCUT2D eigenvalue weighted by Crippen LogP contribution is -2.47. The van der Waals surface area contributed by atoms with Gasteiger partial charge in [0.2, 0.25) is 11.8 Å². The first-order valence-electron chi connectivity index (χ1n) is 13.3. The van der Waals surface area contributed by atoms with Gasteiger partial charge < -0.3 is 9.80 Å². The van der Waals surface area contributed by atoms with Crippen LogP contribution in [0, 0.1) is 0 Å². The highest BCUT2D eigenvalue weighted by molar-refractivity contribution is 7.10. The third-order valence-electron chi connectivity index (χ3n) is 6.86. The van der Waals surface area contributed by atoms with Crippen LogP contribution < -0.4 is 0 Å². The van der Waals surface area contributed by atoms with Gasteiger partial charge in [-0.25, -0.2) is 0 Å². The Bertz CT molecular complexity index is 879. The third-order valence-corrected chi connectivity index (χ3v) is 7.85. The SMILES string of the molecule is CCCCCCCCCC(=O)N(CCCC)CC(=O)N1CCc2sccc2C1c1ccccc1. The summed E-state index contributed by atoms with van der Waals surface area (Å²) in [4.78, 5) is 31.9. The van der Waals surface area contributed by atoms with Gasteiger partial charge >= 0.3 is 0 Å². The second-order valence-corrected chi connectivity index (χ2v) is 10.5. The zero-order chi connectivity index (χ0) is 24.2. The zero-order valence-corrected chi connectivity index (χ0v) is 22.0. The van der Waals surface area contributed by atoms with E-state index in [9.17, 15) is 9.59 Å². The predicted octanol–water partition coefficient (Wildman–Crippen LogP) is 6.99. The Morgan fingerprint density at radius 1 is 0.941 bits per heavy atom. The van der Waals surface area contributed by atoms with Crippen molar-refractivity contribution in [1.29, 1.82) is 0 Å². The molecule has 2 amide bonds. The maximum Gasteiger partial charge on any atom is 0.242 e. The summed E-state index contributed by atoms with van der Waals surface area (Å²) in [5.74, 6) is 0.203. The van der Waals surface area contributed by atoms with Gasteiger partial charge in [-0.1, -0.05) is 89.1 Å². The molecule has 2 heterocycles. The van der Waals surface area contributed by atoms with Crippen molar-refractivity contribution in [3.05, 3.63) is 57.8 Å². The average Bonchev–Trinajstić information content (AvgIpc) is 3.34. The fraction of sp³-hybridized carbons (Fsp3) is 0.586. The number of nitrogens with zero attached hydrogens (tertiary/aromatic N) is 2. The third kappa shape index (κ3) is 7.43. The number of hydrogen-bond acceptors (Lipinski definition) is 3. The van der Waals surface area contributed by atoms with E-state index >= 15 is 0 Å². The molecule has 1 atom stereocenters. The van der Waals surface area contributed by atoms with Crippen LogP contribution in [0.15, 0.2) is 41.8 Å². The average molecular weight is 483 g/mol. The standard InChI is InChI=1S/C29H42N2O2S/c1-3-5-7-8-9-10-14-17-27(32)30(20-6-4-2)23-28(33)31-21-18-26-25(19-22-34-26)29(31)24-15-12-11-13-16-24/h11-13,15-16,19,22,29H,3-10,14,17-18,20-21,23H2,1-2H3. The normalized spacial score (nSPS) is 15.2. The maximum atomic E-state index is 13.6. The molecule has 0 spiro atoms. The minimum atomic E-state index is -0.0602. The van der Waals surface area contributed by atoms with Gasteiger partial charge in [0.05, 0.1) is 12.6 Å². The van der Waals surface area contributed by atoms with Crippen LogP contribution >= 0.6 is 11.3 Å². The van der Waals surface area contributed by atoms with Crippen molar-refractivity contribution in [3.63, 3.8) is 0 Å². The largest absolute Gasteiger partial charge is 0.333 e. The van der Waals surface area contributed by atoms with Crippen LogP contribution in [-0.2, 0) is 16.0 Å². The molecule has 34 heavy (non-hydrogen) atoms. The summed E-state index contributed by atoms with van der Waals surface area (Å²) >= 11 is 1.78. The van der Waals surface area contributed by atoms with E-state index in [1.165, 1.54) is 42.5 Å². The molecular formula is C29H42N2O2S. The molecule has 186 valence electrons. The quantitative estimate of drug-likeness (QED) is 0.272. The molecule has 3 rings (SSSR count). The first kappa shape index (κ1) is 26.5. The molecular weight excluding hydrogens is 440 g/mol. The number of thiophene rings is 1. The molecule has 0 bridgehead atoms. The van der Waals surface area contributed by atoms with Gasteiger partial charge in [-0.05, 0) is 41.8 Å². The monoisotopic (exact) mass is 482 g/mol. The van der Waals surface area contributed by atoms with Crippen molar-refractivity contribution < 1.29 is 9.59 Å². The highest BCUT2D eigenvalue weighted by Crippen LogP contribution is 2.37. The molecule has 1 aliphatic rings. The van der Waals surface area contributed by atoms with E-state index in [2.05, 4.69) is 37.4 Å². The Balaban J connectivity index is 1.63. The van der Waals surface area contributed by atoms with Gasteiger partial charge in [0.1, 0.15) is 0 Å². The minimum absolute atomic E-state index is 0.0602. The van der Waals surface area contributed by atoms with Crippen molar-refractivity contribution >= 4 is 23.2 Å². The lowest BCUT2D eigenvalue weighted by molar-refractivity contribution is -0.141. The van der Waals surface area contributed by atoms with Crippen LogP contribution in [-0.4, -0.2) is 41.2 Å². The predicted molar refractivity (Wildman–Crippen MR) is 142 cm³/mol. The first-order valence-corrected chi connectivity index (χ1v) is 14.2. The zero-order valence-electron chi connectivity index (χ0n) is 21.1. The molecule has 0 saturated carbocycles. The molecule has 4 nitrogen and oxygen atoms in total. The smallest absolute Gasteiger partial charge is 0.242 e. The molecule has 0 saturated heterocycles. The van der Waals surface area contributed by atoms with Gasteiger partial charge in [0, 0.05) is 24.4 Å². The summed E-state index contributed by atoms with van der Waals surface area (Å²) in [6.45, 7) is 5.94. The number of carbonyl (C=O) groups excluding carboxylic acids is 2. The number of benzene rings is 1. The summed E-state index contributed by atoms with van der Waals surface area (Å²) < 4.78 is 0. The van der Waals surface area contributed by atoms with E-state index in [0.29, 0.717) is 19.5 Å². The van der Waals surface area contributed by atoms with E-state index in [1.807, 2.05) is 28.0 Å². The Kier molecular flexibility index (Phi) is 11.1. The van der Waals surface area contributed by atoms with Crippen molar-refractivity contribution in [1.82, 2.24) is 9.80 Å². The highest BCUT2D eigenvalue weighted by Gasteiger charge is 2.33. The Hall–Kier alpha value is -2.14. The topological polar surface area (TPSA) is 40.6 Å². The molecule has 2 aromatic rings. The summed E-state index contributed by atoms with van der Waals surface area (Å²) in [5, 5.41) is 2.13. The number of carbonyl (C=O) groups is 2. The van der Waals surface area contributed by atoms with E-state index in [4.69, 9.17) is 0 Å². The fourth-order valence-corrected chi connectivity index (χ4v) is 5.77. The summed E-state index contributed by atoms with van der Waals surface area (Å²) in [6, 6.07) is 12.4.